The Labute approximate surface area is 118 Å². The number of nitriles is 1. The molecule has 2 unspecified atom stereocenters. The SMILES string of the molecule is CC1CCCN(C(C#N)c2cccc(Cl)c2Cl)C1. The van der Waals surface area contributed by atoms with E-state index >= 15 is 0 Å². The lowest BCUT2D eigenvalue weighted by molar-refractivity contribution is 0.156. The molecule has 1 aromatic rings. The van der Waals surface area contributed by atoms with E-state index in [-0.39, 0.29) is 6.04 Å². The van der Waals surface area contributed by atoms with Crippen molar-refractivity contribution in [2.45, 2.75) is 25.8 Å². The predicted octanol–water partition coefficient (Wildman–Crippen LogP) is 4.29. The van der Waals surface area contributed by atoms with Gasteiger partial charge in [0.05, 0.1) is 16.1 Å². The maximum Gasteiger partial charge on any atom is 0.125 e. The van der Waals surface area contributed by atoms with Gasteiger partial charge in [0.15, 0.2) is 0 Å². The van der Waals surface area contributed by atoms with Gasteiger partial charge in [-0.05, 0) is 31.4 Å². The maximum absolute atomic E-state index is 9.44. The highest BCUT2D eigenvalue weighted by molar-refractivity contribution is 6.42. The fraction of sp³-hybridized carbons (Fsp3) is 0.500. The lowest BCUT2D eigenvalue weighted by Crippen LogP contribution is -2.37. The lowest BCUT2D eigenvalue weighted by Gasteiger charge is -2.34. The lowest BCUT2D eigenvalue weighted by atomic mass is 9.96. The Balaban J connectivity index is 2.28. The van der Waals surface area contributed by atoms with Crippen LogP contribution in [0.1, 0.15) is 31.4 Å². The molecule has 96 valence electrons. The molecule has 0 amide bonds. The average molecular weight is 283 g/mol. The molecular weight excluding hydrogens is 267 g/mol. The summed E-state index contributed by atoms with van der Waals surface area (Å²) in [5, 5.41) is 10.5. The van der Waals surface area contributed by atoms with Crippen molar-refractivity contribution in [3.8, 4) is 6.07 Å². The summed E-state index contributed by atoms with van der Waals surface area (Å²) in [6, 6.07) is 7.56. The first-order valence-corrected chi connectivity index (χ1v) is 6.96. The smallest absolute Gasteiger partial charge is 0.125 e. The third-order valence-electron chi connectivity index (χ3n) is 3.45. The van der Waals surface area contributed by atoms with Gasteiger partial charge in [0.25, 0.3) is 0 Å². The molecule has 0 bridgehead atoms. The molecule has 18 heavy (non-hydrogen) atoms. The Morgan fingerprint density at radius 3 is 2.89 bits per heavy atom. The third kappa shape index (κ3) is 2.80. The van der Waals surface area contributed by atoms with Gasteiger partial charge in [0.2, 0.25) is 0 Å². The van der Waals surface area contributed by atoms with Crippen LogP contribution in [0.3, 0.4) is 0 Å². The van der Waals surface area contributed by atoms with Gasteiger partial charge in [-0.25, -0.2) is 0 Å². The van der Waals surface area contributed by atoms with Crippen LogP contribution in [0.5, 0.6) is 0 Å². The zero-order valence-corrected chi connectivity index (χ0v) is 11.9. The number of benzene rings is 1. The molecule has 1 aliphatic heterocycles. The normalized spacial score (nSPS) is 22.4. The molecule has 0 aromatic heterocycles. The van der Waals surface area contributed by atoms with Gasteiger partial charge in [-0.2, -0.15) is 5.26 Å². The first-order valence-electron chi connectivity index (χ1n) is 6.21. The topological polar surface area (TPSA) is 27.0 Å². The van der Waals surface area contributed by atoms with Crippen LogP contribution in [-0.2, 0) is 0 Å². The molecule has 1 aliphatic rings. The van der Waals surface area contributed by atoms with Crippen molar-refractivity contribution in [2.24, 2.45) is 5.92 Å². The minimum absolute atomic E-state index is 0.293. The average Bonchev–Trinajstić information content (AvgIpc) is 2.35. The zero-order valence-electron chi connectivity index (χ0n) is 10.4. The molecule has 4 heteroatoms. The summed E-state index contributed by atoms with van der Waals surface area (Å²) in [5.41, 5.74) is 0.820. The molecular formula is C14H16Cl2N2. The fourth-order valence-electron chi connectivity index (χ4n) is 2.54. The van der Waals surface area contributed by atoms with Gasteiger partial charge in [0.1, 0.15) is 6.04 Å². The minimum atomic E-state index is -0.293. The molecule has 2 atom stereocenters. The Kier molecular flexibility index (Phi) is 4.50. The van der Waals surface area contributed by atoms with Gasteiger partial charge in [-0.3, -0.25) is 4.90 Å². The summed E-state index contributed by atoms with van der Waals surface area (Å²) in [6.45, 7) is 4.12. The molecule has 2 rings (SSSR count). The maximum atomic E-state index is 9.44. The third-order valence-corrected chi connectivity index (χ3v) is 4.29. The molecule has 1 heterocycles. The summed E-state index contributed by atoms with van der Waals surface area (Å²) in [5.74, 6) is 0.632. The van der Waals surface area contributed by atoms with Crippen molar-refractivity contribution in [2.75, 3.05) is 13.1 Å². The van der Waals surface area contributed by atoms with Crippen LogP contribution in [-0.4, -0.2) is 18.0 Å². The molecule has 0 spiro atoms. The van der Waals surface area contributed by atoms with Crippen molar-refractivity contribution in [1.29, 1.82) is 5.26 Å². The second-order valence-corrected chi connectivity index (χ2v) is 5.70. The van der Waals surface area contributed by atoms with E-state index in [1.54, 1.807) is 6.07 Å². The second-order valence-electron chi connectivity index (χ2n) is 4.92. The molecule has 2 nitrogen and oxygen atoms in total. The predicted molar refractivity (Wildman–Crippen MR) is 74.8 cm³/mol. The van der Waals surface area contributed by atoms with Crippen LogP contribution in [0.4, 0.5) is 0 Å². The van der Waals surface area contributed by atoms with Crippen LogP contribution in [0, 0.1) is 17.2 Å². The standard InChI is InChI=1S/C14H16Cl2N2/c1-10-4-3-7-18(9-10)13(8-17)11-5-2-6-12(15)14(11)16/h2,5-6,10,13H,3-4,7,9H2,1H3. The minimum Gasteiger partial charge on any atom is -0.284 e. The molecule has 1 fully saturated rings. The van der Waals surface area contributed by atoms with Gasteiger partial charge in [-0.15, -0.1) is 0 Å². The number of piperidine rings is 1. The molecule has 0 aliphatic carbocycles. The van der Waals surface area contributed by atoms with Crippen LogP contribution in [0.25, 0.3) is 0 Å². The van der Waals surface area contributed by atoms with Crippen molar-refractivity contribution in [3.63, 3.8) is 0 Å². The van der Waals surface area contributed by atoms with E-state index < -0.39 is 0 Å². The van der Waals surface area contributed by atoms with Crippen LogP contribution in [0.15, 0.2) is 18.2 Å². The highest BCUT2D eigenvalue weighted by Gasteiger charge is 2.26. The van der Waals surface area contributed by atoms with E-state index in [9.17, 15) is 5.26 Å². The van der Waals surface area contributed by atoms with E-state index in [0.717, 1.165) is 25.1 Å². The van der Waals surface area contributed by atoms with Gasteiger partial charge >= 0.3 is 0 Å². The van der Waals surface area contributed by atoms with Crippen LogP contribution >= 0.6 is 23.2 Å². The highest BCUT2D eigenvalue weighted by Crippen LogP contribution is 2.34. The van der Waals surface area contributed by atoms with Crippen LogP contribution < -0.4 is 0 Å². The number of hydrogen-bond acceptors (Lipinski definition) is 2. The second kappa shape index (κ2) is 5.93. The number of rotatable bonds is 2. The summed E-state index contributed by atoms with van der Waals surface area (Å²) in [4.78, 5) is 2.20. The molecule has 0 radical (unpaired) electrons. The Bertz CT molecular complexity index is 467. The number of nitrogens with zero attached hydrogens (tertiary/aromatic N) is 2. The summed E-state index contributed by atoms with van der Waals surface area (Å²) < 4.78 is 0. The Hall–Kier alpha value is -0.750. The zero-order chi connectivity index (χ0) is 13.1. The largest absolute Gasteiger partial charge is 0.284 e. The van der Waals surface area contributed by atoms with Gasteiger partial charge in [-0.1, -0.05) is 42.3 Å². The first-order chi connectivity index (χ1) is 8.63. The molecule has 1 saturated heterocycles. The fourth-order valence-corrected chi connectivity index (χ4v) is 2.95. The number of hydrogen-bond donors (Lipinski definition) is 0. The van der Waals surface area contributed by atoms with E-state index in [0.29, 0.717) is 16.0 Å². The Morgan fingerprint density at radius 2 is 2.22 bits per heavy atom. The summed E-state index contributed by atoms with van der Waals surface area (Å²) in [7, 11) is 0. The van der Waals surface area contributed by atoms with Crippen molar-refractivity contribution in [3.05, 3.63) is 33.8 Å². The van der Waals surface area contributed by atoms with E-state index in [1.807, 2.05) is 12.1 Å². The first kappa shape index (κ1) is 13.7. The van der Waals surface area contributed by atoms with E-state index in [1.165, 1.54) is 6.42 Å². The van der Waals surface area contributed by atoms with Crippen molar-refractivity contribution < 1.29 is 0 Å². The van der Waals surface area contributed by atoms with Crippen molar-refractivity contribution in [1.82, 2.24) is 4.90 Å². The molecule has 0 saturated carbocycles. The van der Waals surface area contributed by atoms with Gasteiger partial charge in [0, 0.05) is 12.1 Å². The van der Waals surface area contributed by atoms with Gasteiger partial charge < -0.3 is 0 Å². The summed E-state index contributed by atoms with van der Waals surface area (Å²) >= 11 is 12.2. The number of halogens is 2. The highest BCUT2D eigenvalue weighted by atomic mass is 35.5. The number of likely N-dealkylation sites (tertiary alicyclic amines) is 1. The van der Waals surface area contributed by atoms with E-state index in [4.69, 9.17) is 23.2 Å². The summed E-state index contributed by atoms with van der Waals surface area (Å²) in [6.07, 6.45) is 2.37. The molecule has 1 aromatic carbocycles. The Morgan fingerprint density at radius 1 is 1.44 bits per heavy atom. The monoisotopic (exact) mass is 282 g/mol. The van der Waals surface area contributed by atoms with E-state index in [2.05, 4.69) is 17.9 Å². The quantitative estimate of drug-likeness (QED) is 0.809. The molecule has 0 N–H and O–H groups in total. The van der Waals surface area contributed by atoms with Crippen molar-refractivity contribution >= 4 is 23.2 Å². The van der Waals surface area contributed by atoms with Crippen LogP contribution in [0.2, 0.25) is 10.0 Å².